The lowest BCUT2D eigenvalue weighted by molar-refractivity contribution is 0.656. The molecule has 0 spiro atoms. The van der Waals surface area contributed by atoms with Gasteiger partial charge in [-0.25, -0.2) is 9.97 Å². The fraction of sp³-hybridized carbons (Fsp3) is 0.308. The minimum Gasteiger partial charge on any atom is -0.311 e. The van der Waals surface area contributed by atoms with Crippen LogP contribution in [0.5, 0.6) is 0 Å². The third-order valence-corrected chi connectivity index (χ3v) is 3.78. The number of pyridine rings is 1. The SMILES string of the molecule is Cn1ccc(CCn2c(CCl)nc3cc(Br)cnc32)n1. The van der Waals surface area contributed by atoms with E-state index in [0.717, 1.165) is 40.1 Å². The second-order valence-corrected chi connectivity index (χ2v) is 5.72. The molecule has 0 amide bonds. The Morgan fingerprint density at radius 3 is 2.95 bits per heavy atom. The van der Waals surface area contributed by atoms with Crippen LogP contribution in [0.2, 0.25) is 0 Å². The van der Waals surface area contributed by atoms with Crippen LogP contribution in [-0.4, -0.2) is 24.3 Å². The number of nitrogens with zero attached hydrogens (tertiary/aromatic N) is 5. The Balaban J connectivity index is 1.93. The largest absolute Gasteiger partial charge is 0.311 e. The minimum atomic E-state index is 0.371. The number of aryl methyl sites for hydroxylation is 3. The quantitative estimate of drug-likeness (QED) is 0.677. The van der Waals surface area contributed by atoms with Crippen molar-refractivity contribution in [1.82, 2.24) is 24.3 Å². The summed E-state index contributed by atoms with van der Waals surface area (Å²) in [6, 6.07) is 3.97. The maximum absolute atomic E-state index is 5.99. The van der Waals surface area contributed by atoms with Crippen molar-refractivity contribution in [2.45, 2.75) is 18.8 Å². The van der Waals surface area contributed by atoms with Crippen molar-refractivity contribution >= 4 is 38.7 Å². The molecule has 5 nitrogen and oxygen atoms in total. The highest BCUT2D eigenvalue weighted by Gasteiger charge is 2.12. The van der Waals surface area contributed by atoms with E-state index >= 15 is 0 Å². The zero-order valence-electron chi connectivity index (χ0n) is 10.9. The lowest BCUT2D eigenvalue weighted by Gasteiger charge is -2.05. The molecular weight excluding hydrogens is 342 g/mol. The fourth-order valence-corrected chi connectivity index (χ4v) is 2.72. The van der Waals surface area contributed by atoms with Crippen molar-refractivity contribution in [1.29, 1.82) is 0 Å². The Labute approximate surface area is 129 Å². The van der Waals surface area contributed by atoms with Crippen LogP contribution >= 0.6 is 27.5 Å². The molecule has 0 aliphatic rings. The van der Waals surface area contributed by atoms with Crippen molar-refractivity contribution in [3.05, 3.63) is 40.5 Å². The molecule has 0 N–H and O–H groups in total. The Kier molecular flexibility index (Phi) is 3.76. The molecule has 0 aliphatic carbocycles. The Hall–Kier alpha value is -1.40. The molecule has 0 saturated heterocycles. The van der Waals surface area contributed by atoms with Crippen LogP contribution in [0.1, 0.15) is 11.5 Å². The maximum Gasteiger partial charge on any atom is 0.160 e. The Bertz CT molecular complexity index is 748. The second kappa shape index (κ2) is 5.54. The minimum absolute atomic E-state index is 0.371. The van der Waals surface area contributed by atoms with E-state index in [1.54, 1.807) is 10.9 Å². The Morgan fingerprint density at radius 1 is 1.40 bits per heavy atom. The van der Waals surface area contributed by atoms with Crippen molar-refractivity contribution in [3.63, 3.8) is 0 Å². The molecule has 0 aliphatic heterocycles. The summed E-state index contributed by atoms with van der Waals surface area (Å²) in [4.78, 5) is 8.96. The summed E-state index contributed by atoms with van der Waals surface area (Å²) < 4.78 is 4.78. The lowest BCUT2D eigenvalue weighted by atomic mass is 10.3. The van der Waals surface area contributed by atoms with Gasteiger partial charge in [-0.15, -0.1) is 11.6 Å². The third kappa shape index (κ3) is 2.58. The zero-order chi connectivity index (χ0) is 14.1. The van der Waals surface area contributed by atoms with Gasteiger partial charge in [0.25, 0.3) is 0 Å². The molecule has 0 aromatic carbocycles. The first-order valence-corrected chi connectivity index (χ1v) is 7.55. The standard InChI is InChI=1S/C13H13BrClN5/c1-19-4-2-10(18-19)3-5-20-12(7-15)17-11-6-9(14)8-16-13(11)20/h2,4,6,8H,3,5,7H2,1H3. The molecule has 104 valence electrons. The fourth-order valence-electron chi connectivity index (χ4n) is 2.19. The lowest BCUT2D eigenvalue weighted by Crippen LogP contribution is -2.06. The van der Waals surface area contributed by atoms with Crippen LogP contribution in [0.15, 0.2) is 29.0 Å². The summed E-state index contributed by atoms with van der Waals surface area (Å²) in [6.07, 6.45) is 4.55. The predicted molar refractivity (Wildman–Crippen MR) is 81.7 cm³/mol. The van der Waals surface area contributed by atoms with Crippen LogP contribution in [0, 0.1) is 0 Å². The summed E-state index contributed by atoms with van der Waals surface area (Å²) in [7, 11) is 1.92. The highest BCUT2D eigenvalue weighted by molar-refractivity contribution is 9.10. The molecule has 3 aromatic rings. The van der Waals surface area contributed by atoms with Gasteiger partial charge in [-0.05, 0) is 28.1 Å². The molecule has 7 heteroatoms. The topological polar surface area (TPSA) is 48.5 Å². The second-order valence-electron chi connectivity index (χ2n) is 4.54. The van der Waals surface area contributed by atoms with E-state index in [4.69, 9.17) is 11.6 Å². The van der Waals surface area contributed by atoms with Gasteiger partial charge in [0.2, 0.25) is 0 Å². The number of alkyl halides is 1. The molecule has 0 fully saturated rings. The number of rotatable bonds is 4. The molecule has 0 atom stereocenters. The van der Waals surface area contributed by atoms with E-state index in [-0.39, 0.29) is 0 Å². The van der Waals surface area contributed by atoms with Gasteiger partial charge in [-0.1, -0.05) is 0 Å². The first kappa shape index (κ1) is 13.6. The predicted octanol–water partition coefficient (Wildman–Crippen LogP) is 2.91. The van der Waals surface area contributed by atoms with Gasteiger partial charge in [-0.3, -0.25) is 4.68 Å². The summed E-state index contributed by atoms with van der Waals surface area (Å²) in [5.74, 6) is 1.21. The van der Waals surface area contributed by atoms with Crippen LogP contribution < -0.4 is 0 Å². The van der Waals surface area contributed by atoms with E-state index in [1.165, 1.54) is 0 Å². The van der Waals surface area contributed by atoms with Crippen molar-refractivity contribution < 1.29 is 0 Å². The van der Waals surface area contributed by atoms with Crippen LogP contribution in [0.4, 0.5) is 0 Å². The van der Waals surface area contributed by atoms with Gasteiger partial charge in [0, 0.05) is 36.9 Å². The van der Waals surface area contributed by atoms with Crippen molar-refractivity contribution in [2.75, 3.05) is 0 Å². The van der Waals surface area contributed by atoms with Crippen LogP contribution in [-0.2, 0) is 25.9 Å². The average Bonchev–Trinajstić information content (AvgIpc) is 2.99. The molecule has 3 rings (SSSR count). The maximum atomic E-state index is 5.99. The smallest absolute Gasteiger partial charge is 0.160 e. The average molecular weight is 355 g/mol. The zero-order valence-corrected chi connectivity index (χ0v) is 13.3. The summed E-state index contributed by atoms with van der Waals surface area (Å²) in [5, 5.41) is 4.38. The van der Waals surface area contributed by atoms with Crippen molar-refractivity contribution in [2.24, 2.45) is 7.05 Å². The molecule has 0 bridgehead atoms. The van der Waals surface area contributed by atoms with E-state index < -0.39 is 0 Å². The van der Waals surface area contributed by atoms with E-state index in [0.29, 0.717) is 5.88 Å². The first-order valence-electron chi connectivity index (χ1n) is 6.22. The van der Waals surface area contributed by atoms with Gasteiger partial charge in [-0.2, -0.15) is 5.10 Å². The molecule has 3 heterocycles. The highest BCUT2D eigenvalue weighted by Crippen LogP contribution is 2.20. The van der Waals surface area contributed by atoms with Gasteiger partial charge < -0.3 is 4.57 Å². The number of aromatic nitrogens is 5. The van der Waals surface area contributed by atoms with Gasteiger partial charge in [0.15, 0.2) is 5.65 Å². The van der Waals surface area contributed by atoms with Crippen LogP contribution in [0.3, 0.4) is 0 Å². The van der Waals surface area contributed by atoms with Crippen LogP contribution in [0.25, 0.3) is 11.2 Å². The number of hydrogen-bond donors (Lipinski definition) is 0. The Morgan fingerprint density at radius 2 is 2.25 bits per heavy atom. The number of imidazole rings is 1. The number of fused-ring (bicyclic) bond motifs is 1. The summed E-state index contributed by atoms with van der Waals surface area (Å²) in [5.41, 5.74) is 2.77. The first-order chi connectivity index (χ1) is 9.67. The molecule has 0 saturated carbocycles. The molecule has 3 aromatic heterocycles. The number of halogens is 2. The van der Waals surface area contributed by atoms with Gasteiger partial charge in [0.05, 0.1) is 11.6 Å². The summed E-state index contributed by atoms with van der Waals surface area (Å²) >= 11 is 9.40. The van der Waals surface area contributed by atoms with E-state index in [1.807, 2.05) is 25.4 Å². The van der Waals surface area contributed by atoms with Crippen molar-refractivity contribution in [3.8, 4) is 0 Å². The summed E-state index contributed by atoms with van der Waals surface area (Å²) in [6.45, 7) is 0.768. The normalized spacial score (nSPS) is 11.3. The van der Waals surface area contributed by atoms with E-state index in [2.05, 4.69) is 35.6 Å². The molecule has 20 heavy (non-hydrogen) atoms. The van der Waals surface area contributed by atoms with E-state index in [9.17, 15) is 0 Å². The van der Waals surface area contributed by atoms with Gasteiger partial charge >= 0.3 is 0 Å². The third-order valence-electron chi connectivity index (χ3n) is 3.11. The highest BCUT2D eigenvalue weighted by atomic mass is 79.9. The molecular formula is C13H13BrClN5. The number of hydrogen-bond acceptors (Lipinski definition) is 3. The molecule has 0 unspecified atom stereocenters. The monoisotopic (exact) mass is 353 g/mol. The molecule has 0 radical (unpaired) electrons. The van der Waals surface area contributed by atoms with Gasteiger partial charge in [0.1, 0.15) is 11.3 Å².